The normalized spacial score (nSPS) is 10.9. The number of fused-ring (bicyclic) bond motifs is 1. The number of hydrogen-bond donors (Lipinski definition) is 2. The lowest BCUT2D eigenvalue weighted by Crippen LogP contribution is -2.37. The summed E-state index contributed by atoms with van der Waals surface area (Å²) in [5, 5.41) is 2.69. The third-order valence-electron chi connectivity index (χ3n) is 3.50. The number of benzene rings is 1. The Kier molecular flexibility index (Phi) is 4.28. The van der Waals surface area contributed by atoms with Crippen molar-refractivity contribution in [2.45, 2.75) is 19.9 Å². The Hall–Kier alpha value is -3.16. The summed E-state index contributed by atoms with van der Waals surface area (Å²) in [6.45, 7) is 1.74. The van der Waals surface area contributed by atoms with Crippen LogP contribution in [0.1, 0.15) is 11.5 Å². The van der Waals surface area contributed by atoms with Gasteiger partial charge in [0.2, 0.25) is 5.91 Å². The maximum absolute atomic E-state index is 11.9. The van der Waals surface area contributed by atoms with E-state index in [1.807, 2.05) is 24.3 Å². The minimum atomic E-state index is -0.611. The number of rotatable bonds is 5. The molecule has 124 valence electrons. The first-order valence-electron chi connectivity index (χ1n) is 7.44. The van der Waals surface area contributed by atoms with E-state index in [9.17, 15) is 14.4 Å². The summed E-state index contributed by atoms with van der Waals surface area (Å²) >= 11 is 0. The van der Waals surface area contributed by atoms with Crippen molar-refractivity contribution >= 4 is 17.0 Å². The van der Waals surface area contributed by atoms with Gasteiger partial charge in [0.05, 0.1) is 0 Å². The van der Waals surface area contributed by atoms with E-state index in [0.29, 0.717) is 30.0 Å². The summed E-state index contributed by atoms with van der Waals surface area (Å²) < 4.78 is 6.72. The Labute approximate surface area is 136 Å². The lowest BCUT2D eigenvalue weighted by Gasteiger charge is -2.06. The molecule has 8 nitrogen and oxygen atoms in total. The van der Waals surface area contributed by atoms with Crippen molar-refractivity contribution in [1.29, 1.82) is 0 Å². The Balaban J connectivity index is 1.57. The van der Waals surface area contributed by atoms with Crippen LogP contribution in [0.4, 0.5) is 0 Å². The molecule has 2 N–H and O–H groups in total. The fourth-order valence-corrected chi connectivity index (χ4v) is 2.28. The van der Waals surface area contributed by atoms with E-state index < -0.39 is 11.2 Å². The molecule has 0 unspecified atom stereocenters. The van der Waals surface area contributed by atoms with E-state index in [0.717, 1.165) is 10.1 Å². The second-order valence-corrected chi connectivity index (χ2v) is 5.37. The zero-order valence-electron chi connectivity index (χ0n) is 13.0. The van der Waals surface area contributed by atoms with Gasteiger partial charge in [0.15, 0.2) is 11.5 Å². The minimum absolute atomic E-state index is 0.163. The summed E-state index contributed by atoms with van der Waals surface area (Å²) in [5.74, 6) is 0.202. The third-order valence-corrected chi connectivity index (χ3v) is 3.50. The van der Waals surface area contributed by atoms with E-state index in [2.05, 4.69) is 15.3 Å². The van der Waals surface area contributed by atoms with Crippen LogP contribution in [0.25, 0.3) is 11.1 Å². The van der Waals surface area contributed by atoms with Crippen LogP contribution in [0, 0.1) is 6.92 Å². The van der Waals surface area contributed by atoms with Gasteiger partial charge in [-0.1, -0.05) is 12.1 Å². The van der Waals surface area contributed by atoms with Crippen LogP contribution < -0.4 is 16.6 Å². The Morgan fingerprint density at radius 2 is 2.12 bits per heavy atom. The number of aromatic amines is 1. The highest BCUT2D eigenvalue weighted by atomic mass is 16.3. The number of carbonyl (C=O) groups is 1. The van der Waals surface area contributed by atoms with Gasteiger partial charge in [0.25, 0.3) is 5.56 Å². The van der Waals surface area contributed by atoms with Gasteiger partial charge in [0, 0.05) is 24.7 Å². The summed E-state index contributed by atoms with van der Waals surface area (Å²) in [4.78, 5) is 41.3. The van der Waals surface area contributed by atoms with Gasteiger partial charge < -0.3 is 9.73 Å². The molecule has 2 aromatic heterocycles. The molecule has 8 heteroatoms. The number of aromatic nitrogens is 3. The summed E-state index contributed by atoms with van der Waals surface area (Å²) in [6.07, 6.45) is 1.81. The molecule has 0 aliphatic heterocycles. The largest absolute Gasteiger partial charge is 0.441 e. The average molecular weight is 328 g/mol. The highest BCUT2D eigenvalue weighted by Crippen LogP contribution is 2.14. The second-order valence-electron chi connectivity index (χ2n) is 5.37. The highest BCUT2D eigenvalue weighted by Gasteiger charge is 2.08. The fourth-order valence-electron chi connectivity index (χ4n) is 2.28. The zero-order chi connectivity index (χ0) is 17.1. The molecular weight excluding hydrogens is 312 g/mol. The Bertz CT molecular complexity index is 966. The molecule has 0 aliphatic rings. The van der Waals surface area contributed by atoms with Crippen LogP contribution in [0.2, 0.25) is 0 Å². The smallest absolute Gasteiger partial charge is 0.328 e. The van der Waals surface area contributed by atoms with E-state index in [1.54, 1.807) is 6.92 Å². The summed E-state index contributed by atoms with van der Waals surface area (Å²) in [5.41, 5.74) is 0.782. The van der Waals surface area contributed by atoms with E-state index in [4.69, 9.17) is 4.42 Å². The molecule has 0 radical (unpaired) electrons. The van der Waals surface area contributed by atoms with E-state index in [1.165, 1.54) is 6.20 Å². The molecule has 24 heavy (non-hydrogen) atoms. The third kappa shape index (κ3) is 3.43. The topological polar surface area (TPSA) is 110 Å². The number of amides is 1. The van der Waals surface area contributed by atoms with Crippen molar-refractivity contribution < 1.29 is 9.21 Å². The monoisotopic (exact) mass is 328 g/mol. The number of hydrogen-bond acceptors (Lipinski definition) is 5. The van der Waals surface area contributed by atoms with Crippen molar-refractivity contribution in [2.75, 3.05) is 6.54 Å². The molecule has 0 saturated carbocycles. The lowest BCUT2D eigenvalue weighted by molar-refractivity contribution is -0.121. The van der Waals surface area contributed by atoms with E-state index in [-0.39, 0.29) is 12.5 Å². The number of aryl methyl sites for hydroxylation is 1. The van der Waals surface area contributed by atoms with Crippen LogP contribution >= 0.6 is 0 Å². The van der Waals surface area contributed by atoms with Crippen molar-refractivity contribution in [2.24, 2.45) is 0 Å². The quantitative estimate of drug-likeness (QED) is 0.702. The highest BCUT2D eigenvalue weighted by molar-refractivity contribution is 5.75. The lowest BCUT2D eigenvalue weighted by atomic mass is 10.3. The number of para-hydroxylation sites is 2. The van der Waals surface area contributed by atoms with Crippen LogP contribution in [0.5, 0.6) is 0 Å². The van der Waals surface area contributed by atoms with Gasteiger partial charge in [0.1, 0.15) is 12.1 Å². The molecule has 1 amide bonds. The van der Waals surface area contributed by atoms with Gasteiger partial charge >= 0.3 is 5.69 Å². The first-order chi connectivity index (χ1) is 11.5. The predicted octanol–water partition coefficient (Wildman–Crippen LogP) is 0.345. The SMILES string of the molecule is Cc1cn(CC(=O)NCCc2nc3ccccc3o2)c(=O)[nH]c1=O. The molecule has 0 saturated heterocycles. The fraction of sp³-hybridized carbons (Fsp3) is 0.250. The summed E-state index contributed by atoms with van der Waals surface area (Å²) in [7, 11) is 0. The molecule has 2 heterocycles. The first-order valence-corrected chi connectivity index (χ1v) is 7.44. The van der Waals surface area contributed by atoms with Crippen molar-refractivity contribution in [3.8, 4) is 0 Å². The van der Waals surface area contributed by atoms with Crippen LogP contribution in [-0.2, 0) is 17.8 Å². The van der Waals surface area contributed by atoms with Crippen LogP contribution in [0.3, 0.4) is 0 Å². The molecule has 3 rings (SSSR count). The van der Waals surface area contributed by atoms with Crippen LogP contribution in [0.15, 0.2) is 44.5 Å². The molecular formula is C16H16N4O4. The predicted molar refractivity (Wildman–Crippen MR) is 86.8 cm³/mol. The van der Waals surface area contributed by atoms with Crippen molar-refractivity contribution in [3.63, 3.8) is 0 Å². The van der Waals surface area contributed by atoms with Crippen molar-refractivity contribution in [3.05, 3.63) is 62.8 Å². The van der Waals surface area contributed by atoms with E-state index >= 15 is 0 Å². The molecule has 0 spiro atoms. The number of nitrogens with one attached hydrogen (secondary N) is 2. The number of H-pyrrole nitrogens is 1. The molecule has 0 fully saturated rings. The average Bonchev–Trinajstić information content (AvgIpc) is 2.95. The van der Waals surface area contributed by atoms with Gasteiger partial charge in [-0.25, -0.2) is 9.78 Å². The second kappa shape index (κ2) is 6.53. The zero-order valence-corrected chi connectivity index (χ0v) is 13.0. The molecule has 0 bridgehead atoms. The van der Waals surface area contributed by atoms with Crippen molar-refractivity contribution in [1.82, 2.24) is 19.9 Å². The molecule has 1 aromatic carbocycles. The molecule has 3 aromatic rings. The number of oxazole rings is 1. The van der Waals surface area contributed by atoms with Gasteiger partial charge in [-0.15, -0.1) is 0 Å². The Morgan fingerprint density at radius 3 is 2.92 bits per heavy atom. The number of nitrogens with zero attached hydrogens (tertiary/aromatic N) is 2. The molecule has 0 atom stereocenters. The van der Waals surface area contributed by atoms with Gasteiger partial charge in [-0.05, 0) is 19.1 Å². The maximum atomic E-state index is 11.9. The maximum Gasteiger partial charge on any atom is 0.328 e. The van der Waals surface area contributed by atoms with Gasteiger partial charge in [-0.2, -0.15) is 0 Å². The first kappa shape index (κ1) is 15.7. The summed E-state index contributed by atoms with van der Waals surface area (Å²) in [6, 6.07) is 7.42. The minimum Gasteiger partial charge on any atom is -0.441 e. The number of carbonyl (C=O) groups excluding carboxylic acids is 1. The van der Waals surface area contributed by atoms with Gasteiger partial charge in [-0.3, -0.25) is 19.1 Å². The van der Waals surface area contributed by atoms with Crippen LogP contribution in [-0.4, -0.2) is 27.0 Å². The molecule has 0 aliphatic carbocycles. The Morgan fingerprint density at radius 1 is 1.33 bits per heavy atom. The standard InChI is InChI=1S/C16H16N4O4/c1-10-8-20(16(23)19-15(10)22)9-13(21)17-7-6-14-18-11-4-2-3-5-12(11)24-14/h2-5,8H,6-7,9H2,1H3,(H,17,21)(H,19,22,23).